The van der Waals surface area contributed by atoms with Crippen LogP contribution in [0.5, 0.6) is 5.75 Å². The van der Waals surface area contributed by atoms with Crippen LogP contribution < -0.4 is 10.1 Å². The van der Waals surface area contributed by atoms with Crippen molar-refractivity contribution in [2.45, 2.75) is 33.3 Å². The van der Waals surface area contributed by atoms with Gasteiger partial charge in [0.15, 0.2) is 6.10 Å². The van der Waals surface area contributed by atoms with E-state index in [1.807, 2.05) is 18.2 Å². The monoisotopic (exact) mass is 391 g/mol. The molecule has 1 N–H and O–H groups in total. The molecule has 0 aliphatic carbocycles. The number of carbonyl (C=O) groups is 1. The fraction of sp³-hybridized carbons (Fsp3) is 0.500. The molecule has 0 spiro atoms. The summed E-state index contributed by atoms with van der Waals surface area (Å²) >= 11 is 6.78. The van der Waals surface area contributed by atoms with Gasteiger partial charge < -0.3 is 10.1 Å². The molecule has 1 aromatic rings. The molecule has 5 heteroatoms. The van der Waals surface area contributed by atoms with Crippen LogP contribution >= 0.6 is 31.9 Å². The van der Waals surface area contributed by atoms with Crippen LogP contribution in [-0.2, 0) is 4.79 Å². The molecule has 1 amide bonds. The summed E-state index contributed by atoms with van der Waals surface area (Å²) in [7, 11) is 0. The number of halogens is 2. The topological polar surface area (TPSA) is 38.3 Å². The van der Waals surface area contributed by atoms with E-state index < -0.39 is 6.10 Å². The predicted octanol–water partition coefficient (Wildman–Crippen LogP) is 4.14. The van der Waals surface area contributed by atoms with Gasteiger partial charge in [-0.1, -0.05) is 29.8 Å². The lowest BCUT2D eigenvalue weighted by Crippen LogP contribution is -2.37. The molecular weight excluding hydrogens is 374 g/mol. The Morgan fingerprint density at radius 3 is 2.58 bits per heavy atom. The highest BCUT2D eigenvalue weighted by atomic mass is 79.9. The second-order valence-corrected chi connectivity index (χ2v) is 6.58. The zero-order chi connectivity index (χ0) is 14.4. The molecule has 0 heterocycles. The lowest BCUT2D eigenvalue weighted by atomic mass is 10.1. The zero-order valence-electron chi connectivity index (χ0n) is 11.4. The van der Waals surface area contributed by atoms with Crippen LogP contribution in [0, 0.1) is 5.92 Å². The summed E-state index contributed by atoms with van der Waals surface area (Å²) in [6.45, 7) is 6.70. The van der Waals surface area contributed by atoms with Crippen LogP contribution in [0.15, 0.2) is 27.1 Å². The van der Waals surface area contributed by atoms with Crippen LogP contribution in [-0.4, -0.2) is 18.6 Å². The van der Waals surface area contributed by atoms with E-state index in [-0.39, 0.29) is 5.91 Å². The number of ether oxygens (including phenoxy) is 1. The van der Waals surface area contributed by atoms with Gasteiger partial charge in [0.25, 0.3) is 5.91 Å². The summed E-state index contributed by atoms with van der Waals surface area (Å²) in [5.74, 6) is 1.15. The number of hydrogen-bond donors (Lipinski definition) is 1. The van der Waals surface area contributed by atoms with E-state index in [0.29, 0.717) is 18.2 Å². The molecule has 0 aliphatic heterocycles. The van der Waals surface area contributed by atoms with E-state index in [2.05, 4.69) is 51.0 Å². The maximum Gasteiger partial charge on any atom is 0.260 e. The average molecular weight is 393 g/mol. The highest BCUT2D eigenvalue weighted by Gasteiger charge is 2.15. The first-order valence-electron chi connectivity index (χ1n) is 6.29. The van der Waals surface area contributed by atoms with Gasteiger partial charge in [-0.3, -0.25) is 4.79 Å². The van der Waals surface area contributed by atoms with Crippen molar-refractivity contribution >= 4 is 37.8 Å². The molecule has 1 aromatic carbocycles. The first-order valence-corrected chi connectivity index (χ1v) is 7.88. The van der Waals surface area contributed by atoms with Crippen LogP contribution in [0.25, 0.3) is 0 Å². The van der Waals surface area contributed by atoms with Gasteiger partial charge in [0.05, 0.1) is 4.47 Å². The molecule has 0 aliphatic rings. The van der Waals surface area contributed by atoms with Crippen LogP contribution in [0.4, 0.5) is 0 Å². The number of rotatable bonds is 6. The van der Waals surface area contributed by atoms with Gasteiger partial charge >= 0.3 is 0 Å². The van der Waals surface area contributed by atoms with Crippen molar-refractivity contribution in [1.82, 2.24) is 5.32 Å². The Balaban J connectivity index is 2.49. The van der Waals surface area contributed by atoms with Gasteiger partial charge in [-0.2, -0.15) is 0 Å². The Morgan fingerprint density at radius 2 is 2.00 bits per heavy atom. The number of nitrogens with one attached hydrogen (secondary N) is 1. The van der Waals surface area contributed by atoms with Crippen molar-refractivity contribution in [2.75, 3.05) is 6.54 Å². The van der Waals surface area contributed by atoms with E-state index in [1.54, 1.807) is 6.92 Å². The normalized spacial score (nSPS) is 12.3. The molecule has 0 aromatic heterocycles. The second-order valence-electron chi connectivity index (χ2n) is 4.81. The molecule has 106 valence electrons. The fourth-order valence-electron chi connectivity index (χ4n) is 1.44. The highest BCUT2D eigenvalue weighted by molar-refractivity contribution is 9.11. The summed E-state index contributed by atoms with van der Waals surface area (Å²) in [4.78, 5) is 11.8. The number of benzene rings is 1. The lowest BCUT2D eigenvalue weighted by molar-refractivity contribution is -0.127. The molecular formula is C14H19Br2NO2. The Labute approximate surface area is 131 Å². The van der Waals surface area contributed by atoms with Crippen molar-refractivity contribution in [3.8, 4) is 5.75 Å². The van der Waals surface area contributed by atoms with Crippen molar-refractivity contribution in [1.29, 1.82) is 0 Å². The maximum absolute atomic E-state index is 11.8. The Hall–Kier alpha value is -0.550. The Bertz CT molecular complexity index is 435. The van der Waals surface area contributed by atoms with Gasteiger partial charge in [-0.05, 0) is 53.4 Å². The maximum atomic E-state index is 11.8. The molecule has 0 fully saturated rings. The third kappa shape index (κ3) is 5.95. The summed E-state index contributed by atoms with van der Waals surface area (Å²) in [6.07, 6.45) is 0.463. The largest absolute Gasteiger partial charge is 0.480 e. The van der Waals surface area contributed by atoms with E-state index >= 15 is 0 Å². The van der Waals surface area contributed by atoms with Gasteiger partial charge in [0.1, 0.15) is 5.75 Å². The minimum atomic E-state index is -0.510. The van der Waals surface area contributed by atoms with Gasteiger partial charge in [-0.15, -0.1) is 0 Å². The average Bonchev–Trinajstić information content (AvgIpc) is 2.32. The summed E-state index contributed by atoms with van der Waals surface area (Å²) in [5.41, 5.74) is 0. The standard InChI is InChI=1S/C14H19Br2NO2/c1-9(2)6-7-17-14(18)10(3)19-13-5-4-11(15)8-12(13)16/h4-5,8-10H,6-7H2,1-3H3,(H,17,18)/t10-/m1/s1. The smallest absolute Gasteiger partial charge is 0.260 e. The van der Waals surface area contributed by atoms with Crippen molar-refractivity contribution in [3.05, 3.63) is 27.1 Å². The SMILES string of the molecule is CC(C)CCNC(=O)[C@@H](C)Oc1ccc(Br)cc1Br. The highest BCUT2D eigenvalue weighted by Crippen LogP contribution is 2.28. The van der Waals surface area contributed by atoms with Gasteiger partial charge in [0.2, 0.25) is 0 Å². The summed E-state index contributed by atoms with van der Waals surface area (Å²) in [6, 6.07) is 5.59. The molecule has 0 saturated carbocycles. The molecule has 19 heavy (non-hydrogen) atoms. The van der Waals surface area contributed by atoms with Crippen LogP contribution in [0.1, 0.15) is 27.2 Å². The van der Waals surface area contributed by atoms with E-state index in [1.165, 1.54) is 0 Å². The van der Waals surface area contributed by atoms with Gasteiger partial charge in [-0.25, -0.2) is 0 Å². The quantitative estimate of drug-likeness (QED) is 0.789. The zero-order valence-corrected chi connectivity index (χ0v) is 14.5. The number of hydrogen-bond acceptors (Lipinski definition) is 2. The lowest BCUT2D eigenvalue weighted by Gasteiger charge is -2.16. The Morgan fingerprint density at radius 1 is 1.32 bits per heavy atom. The molecule has 1 atom stereocenters. The molecule has 0 radical (unpaired) electrons. The van der Waals surface area contributed by atoms with Crippen LogP contribution in [0.3, 0.4) is 0 Å². The second kappa shape index (κ2) is 7.90. The third-order valence-electron chi connectivity index (χ3n) is 2.59. The van der Waals surface area contributed by atoms with E-state index in [0.717, 1.165) is 15.4 Å². The molecule has 0 unspecified atom stereocenters. The molecule has 1 rings (SSSR count). The first-order chi connectivity index (χ1) is 8.90. The number of amides is 1. The van der Waals surface area contributed by atoms with Gasteiger partial charge in [0, 0.05) is 11.0 Å². The van der Waals surface area contributed by atoms with Crippen LogP contribution in [0.2, 0.25) is 0 Å². The summed E-state index contributed by atoms with van der Waals surface area (Å²) in [5, 5.41) is 2.88. The third-order valence-corrected chi connectivity index (χ3v) is 3.70. The minimum absolute atomic E-state index is 0.0875. The van der Waals surface area contributed by atoms with E-state index in [4.69, 9.17) is 4.74 Å². The van der Waals surface area contributed by atoms with Crippen molar-refractivity contribution in [3.63, 3.8) is 0 Å². The minimum Gasteiger partial charge on any atom is -0.480 e. The first kappa shape index (κ1) is 16.5. The number of carbonyl (C=O) groups excluding carboxylic acids is 1. The predicted molar refractivity (Wildman–Crippen MR) is 84.4 cm³/mol. The Kier molecular flexibility index (Phi) is 6.86. The molecule has 0 bridgehead atoms. The van der Waals surface area contributed by atoms with Crippen molar-refractivity contribution < 1.29 is 9.53 Å². The molecule has 0 saturated heterocycles. The van der Waals surface area contributed by atoms with E-state index in [9.17, 15) is 4.79 Å². The molecule has 3 nitrogen and oxygen atoms in total. The summed E-state index contributed by atoms with van der Waals surface area (Å²) < 4.78 is 7.42. The van der Waals surface area contributed by atoms with Crippen molar-refractivity contribution in [2.24, 2.45) is 5.92 Å². The fourth-order valence-corrected chi connectivity index (χ4v) is 2.58.